The average Bonchev–Trinajstić information content (AvgIpc) is 2.72. The first-order valence-electron chi connectivity index (χ1n) is 9.50. The van der Waals surface area contributed by atoms with Crippen molar-refractivity contribution in [3.63, 3.8) is 0 Å². The fourth-order valence-corrected chi connectivity index (χ4v) is 3.12. The molecule has 2 amide bonds. The Labute approximate surface area is 172 Å². The Kier molecular flexibility index (Phi) is 7.90. The summed E-state index contributed by atoms with van der Waals surface area (Å²) in [5.74, 6) is 0.822. The van der Waals surface area contributed by atoms with Crippen LogP contribution < -0.4 is 14.2 Å². The molecule has 0 spiro atoms. The van der Waals surface area contributed by atoms with Crippen molar-refractivity contribution < 1.29 is 22.1 Å². The lowest BCUT2D eigenvalue weighted by Crippen LogP contribution is -2.40. The van der Waals surface area contributed by atoms with Crippen molar-refractivity contribution in [2.45, 2.75) is 39.8 Å². The average molecular weight is 421 g/mol. The molecule has 2 rings (SSSR count). The zero-order chi connectivity index (χ0) is 21.4. The lowest BCUT2D eigenvalue weighted by atomic mass is 10.1. The third kappa shape index (κ3) is 6.67. The molecule has 0 heterocycles. The van der Waals surface area contributed by atoms with E-state index in [1.54, 1.807) is 48.4 Å². The lowest BCUT2D eigenvalue weighted by molar-refractivity contribution is 0.187. The Morgan fingerprint density at radius 1 is 1.10 bits per heavy atom. The van der Waals surface area contributed by atoms with Crippen molar-refractivity contribution in [1.82, 2.24) is 4.90 Å². The van der Waals surface area contributed by atoms with Crippen LogP contribution in [0.3, 0.4) is 0 Å². The number of methoxy groups -OCH3 is 1. The standard InChI is InChI=1S/C21H28N2O5S/c1-5-16(3)23(21(24)22-18-8-7-9-20(14-18)27-4)15-17-10-12-19(13-11-17)28-29(25,26)6-2/h7-14,16H,5-6,15H2,1-4H3,(H,22,24). The highest BCUT2D eigenvalue weighted by Crippen LogP contribution is 2.20. The van der Waals surface area contributed by atoms with E-state index in [0.29, 0.717) is 18.0 Å². The first-order chi connectivity index (χ1) is 13.8. The van der Waals surface area contributed by atoms with Gasteiger partial charge in [0.15, 0.2) is 0 Å². The SMILES string of the molecule is CCC(C)N(Cc1ccc(OS(=O)(=O)CC)cc1)C(=O)Nc1cccc(OC)c1. The maximum Gasteiger partial charge on any atom is 0.322 e. The fraction of sp³-hybridized carbons (Fsp3) is 0.381. The predicted octanol–water partition coefficient (Wildman–Crippen LogP) is 4.26. The summed E-state index contributed by atoms with van der Waals surface area (Å²) in [4.78, 5) is 14.6. The highest BCUT2D eigenvalue weighted by molar-refractivity contribution is 7.87. The van der Waals surface area contributed by atoms with E-state index < -0.39 is 10.1 Å². The van der Waals surface area contributed by atoms with Crippen LogP contribution in [-0.4, -0.2) is 38.3 Å². The van der Waals surface area contributed by atoms with Gasteiger partial charge in [-0.2, -0.15) is 8.42 Å². The second-order valence-electron chi connectivity index (χ2n) is 6.62. The third-order valence-electron chi connectivity index (χ3n) is 4.56. The normalized spacial score (nSPS) is 12.1. The quantitative estimate of drug-likeness (QED) is 0.613. The van der Waals surface area contributed by atoms with Crippen molar-refractivity contribution in [3.8, 4) is 11.5 Å². The Morgan fingerprint density at radius 2 is 1.79 bits per heavy atom. The second-order valence-corrected chi connectivity index (χ2v) is 8.48. The highest BCUT2D eigenvalue weighted by atomic mass is 32.2. The van der Waals surface area contributed by atoms with E-state index in [-0.39, 0.29) is 23.6 Å². The van der Waals surface area contributed by atoms with Crippen LogP contribution >= 0.6 is 0 Å². The van der Waals surface area contributed by atoms with Crippen LogP contribution in [0.15, 0.2) is 48.5 Å². The van der Waals surface area contributed by atoms with Gasteiger partial charge in [0.25, 0.3) is 0 Å². The molecule has 0 saturated heterocycles. The topological polar surface area (TPSA) is 84.9 Å². The van der Waals surface area contributed by atoms with Crippen LogP contribution in [0, 0.1) is 0 Å². The minimum atomic E-state index is -3.56. The Balaban J connectivity index is 2.12. The summed E-state index contributed by atoms with van der Waals surface area (Å²) in [5, 5.41) is 2.91. The van der Waals surface area contributed by atoms with Crippen LogP contribution in [0.1, 0.15) is 32.8 Å². The van der Waals surface area contributed by atoms with Gasteiger partial charge >= 0.3 is 16.1 Å². The molecule has 2 aromatic carbocycles. The Bertz CT molecular complexity index is 913. The van der Waals surface area contributed by atoms with Crippen molar-refractivity contribution in [1.29, 1.82) is 0 Å². The number of hydrogen-bond acceptors (Lipinski definition) is 5. The molecule has 0 fully saturated rings. The number of anilines is 1. The van der Waals surface area contributed by atoms with Gasteiger partial charge in [-0.15, -0.1) is 0 Å². The molecular weight excluding hydrogens is 392 g/mol. The Hall–Kier alpha value is -2.74. The molecule has 0 aliphatic rings. The molecule has 7 nitrogen and oxygen atoms in total. The zero-order valence-electron chi connectivity index (χ0n) is 17.2. The fourth-order valence-electron chi connectivity index (χ4n) is 2.60. The van der Waals surface area contributed by atoms with E-state index >= 15 is 0 Å². The molecule has 1 N–H and O–H groups in total. The van der Waals surface area contributed by atoms with Gasteiger partial charge in [0.2, 0.25) is 0 Å². The van der Waals surface area contributed by atoms with Gasteiger partial charge in [-0.1, -0.05) is 25.1 Å². The minimum absolute atomic E-state index is 0.0111. The number of amides is 2. The molecule has 0 radical (unpaired) electrons. The number of urea groups is 1. The van der Waals surface area contributed by atoms with Gasteiger partial charge in [-0.3, -0.25) is 0 Å². The minimum Gasteiger partial charge on any atom is -0.497 e. The van der Waals surface area contributed by atoms with Gasteiger partial charge in [0, 0.05) is 24.3 Å². The van der Waals surface area contributed by atoms with Crippen molar-refractivity contribution in [2.75, 3.05) is 18.2 Å². The van der Waals surface area contributed by atoms with E-state index in [9.17, 15) is 13.2 Å². The number of nitrogens with one attached hydrogen (secondary N) is 1. The van der Waals surface area contributed by atoms with Crippen molar-refractivity contribution >= 4 is 21.8 Å². The van der Waals surface area contributed by atoms with Gasteiger partial charge < -0.3 is 19.1 Å². The molecular formula is C21H28N2O5S. The summed E-state index contributed by atoms with van der Waals surface area (Å²) in [6.45, 7) is 5.90. The number of ether oxygens (including phenoxy) is 1. The van der Waals surface area contributed by atoms with Gasteiger partial charge in [-0.25, -0.2) is 4.79 Å². The molecule has 158 valence electrons. The van der Waals surface area contributed by atoms with Gasteiger partial charge in [-0.05, 0) is 50.1 Å². The third-order valence-corrected chi connectivity index (χ3v) is 5.71. The van der Waals surface area contributed by atoms with E-state index in [4.69, 9.17) is 8.92 Å². The summed E-state index contributed by atoms with van der Waals surface area (Å²) in [6, 6.07) is 13.7. The maximum absolute atomic E-state index is 12.9. The van der Waals surface area contributed by atoms with E-state index in [1.165, 1.54) is 6.92 Å². The van der Waals surface area contributed by atoms with E-state index in [1.807, 2.05) is 26.0 Å². The number of hydrogen-bond donors (Lipinski definition) is 1. The zero-order valence-corrected chi connectivity index (χ0v) is 18.0. The van der Waals surface area contributed by atoms with E-state index in [0.717, 1.165) is 12.0 Å². The van der Waals surface area contributed by atoms with Crippen molar-refractivity contribution in [3.05, 3.63) is 54.1 Å². The first kappa shape index (κ1) is 22.5. The second kappa shape index (κ2) is 10.2. The van der Waals surface area contributed by atoms with Gasteiger partial charge in [0.1, 0.15) is 11.5 Å². The molecule has 2 aromatic rings. The predicted molar refractivity (Wildman–Crippen MR) is 114 cm³/mol. The number of benzene rings is 2. The van der Waals surface area contributed by atoms with E-state index in [2.05, 4.69) is 5.32 Å². The molecule has 0 aliphatic carbocycles. The molecule has 0 saturated carbocycles. The summed E-state index contributed by atoms with van der Waals surface area (Å²) >= 11 is 0. The number of rotatable bonds is 9. The number of carbonyl (C=O) groups excluding carboxylic acids is 1. The molecule has 0 aromatic heterocycles. The van der Waals surface area contributed by atoms with Crippen LogP contribution in [-0.2, 0) is 16.7 Å². The monoisotopic (exact) mass is 420 g/mol. The molecule has 0 aliphatic heterocycles. The number of carbonyl (C=O) groups is 1. The van der Waals surface area contributed by atoms with Crippen LogP contribution in [0.5, 0.6) is 11.5 Å². The summed E-state index contributed by atoms with van der Waals surface area (Å²) in [7, 11) is -1.99. The van der Waals surface area contributed by atoms with Crippen molar-refractivity contribution in [2.24, 2.45) is 0 Å². The molecule has 1 atom stereocenters. The lowest BCUT2D eigenvalue weighted by Gasteiger charge is -2.29. The summed E-state index contributed by atoms with van der Waals surface area (Å²) in [5.41, 5.74) is 1.52. The summed E-state index contributed by atoms with van der Waals surface area (Å²) < 4.78 is 33.3. The molecule has 8 heteroatoms. The molecule has 29 heavy (non-hydrogen) atoms. The maximum atomic E-state index is 12.9. The van der Waals surface area contributed by atoms with Crippen LogP contribution in [0.4, 0.5) is 10.5 Å². The van der Waals surface area contributed by atoms with Crippen LogP contribution in [0.25, 0.3) is 0 Å². The first-order valence-corrected chi connectivity index (χ1v) is 11.1. The Morgan fingerprint density at radius 3 is 2.38 bits per heavy atom. The molecule has 1 unspecified atom stereocenters. The molecule has 0 bridgehead atoms. The largest absolute Gasteiger partial charge is 0.497 e. The number of nitrogens with zero attached hydrogens (tertiary/aromatic N) is 1. The van der Waals surface area contributed by atoms with Gasteiger partial charge in [0.05, 0.1) is 12.9 Å². The summed E-state index contributed by atoms with van der Waals surface area (Å²) in [6.07, 6.45) is 0.793. The van der Waals surface area contributed by atoms with Crippen LogP contribution in [0.2, 0.25) is 0 Å². The smallest absolute Gasteiger partial charge is 0.322 e. The highest BCUT2D eigenvalue weighted by Gasteiger charge is 2.20.